The highest BCUT2D eigenvalue weighted by molar-refractivity contribution is 6.10. The average molecular weight is 390 g/mol. The van der Waals surface area contributed by atoms with Crippen LogP contribution in [-0.2, 0) is 0 Å². The standard InChI is InChI=1S/C24H20F2N2O/c1-15(18-12-11-17(25)13-21(18)26)28-23(16-7-3-2-4-8-16)24(29)20-14-27-22-10-6-5-9-19(20)22/h2-15,23,27-28H,1H3/t15-,23+/m1/s1. The Bertz CT molecular complexity index is 1150. The van der Waals surface area contributed by atoms with Gasteiger partial charge in [0.25, 0.3) is 0 Å². The third-order valence-corrected chi connectivity index (χ3v) is 5.10. The van der Waals surface area contributed by atoms with Crippen molar-refractivity contribution < 1.29 is 13.6 Å². The lowest BCUT2D eigenvalue weighted by atomic mass is 9.95. The Hall–Kier alpha value is -3.31. The minimum atomic E-state index is -0.685. The lowest BCUT2D eigenvalue weighted by Crippen LogP contribution is -2.31. The van der Waals surface area contributed by atoms with Crippen LogP contribution in [-0.4, -0.2) is 10.8 Å². The zero-order valence-electron chi connectivity index (χ0n) is 15.8. The summed E-state index contributed by atoms with van der Waals surface area (Å²) in [4.78, 5) is 16.6. The van der Waals surface area contributed by atoms with Gasteiger partial charge in [-0.3, -0.25) is 10.1 Å². The number of benzene rings is 3. The molecule has 0 spiro atoms. The second-order valence-electron chi connectivity index (χ2n) is 7.01. The van der Waals surface area contributed by atoms with Gasteiger partial charge in [0, 0.05) is 40.3 Å². The first-order valence-electron chi connectivity index (χ1n) is 9.41. The van der Waals surface area contributed by atoms with Crippen LogP contribution in [0.2, 0.25) is 0 Å². The Balaban J connectivity index is 1.71. The molecule has 1 heterocycles. The molecular weight excluding hydrogens is 370 g/mol. The number of carbonyl (C=O) groups is 1. The summed E-state index contributed by atoms with van der Waals surface area (Å²) in [6.45, 7) is 1.76. The Morgan fingerprint density at radius 3 is 2.45 bits per heavy atom. The van der Waals surface area contributed by atoms with Crippen molar-refractivity contribution in [3.63, 3.8) is 0 Å². The molecule has 3 nitrogen and oxygen atoms in total. The van der Waals surface area contributed by atoms with E-state index in [2.05, 4.69) is 10.3 Å². The van der Waals surface area contributed by atoms with Crippen molar-refractivity contribution >= 4 is 16.7 Å². The number of nitrogens with one attached hydrogen (secondary N) is 2. The summed E-state index contributed by atoms with van der Waals surface area (Å²) in [6.07, 6.45) is 1.70. The van der Waals surface area contributed by atoms with Gasteiger partial charge in [-0.15, -0.1) is 0 Å². The minimum Gasteiger partial charge on any atom is -0.360 e. The molecule has 0 bridgehead atoms. The molecule has 0 fully saturated rings. The molecule has 146 valence electrons. The highest BCUT2D eigenvalue weighted by Gasteiger charge is 2.26. The molecule has 0 unspecified atom stereocenters. The lowest BCUT2D eigenvalue weighted by molar-refractivity contribution is 0.0938. The fraction of sp³-hybridized carbons (Fsp3) is 0.125. The molecule has 0 radical (unpaired) electrons. The summed E-state index contributed by atoms with van der Waals surface area (Å²) in [6, 6.07) is 19.2. The summed E-state index contributed by atoms with van der Waals surface area (Å²) >= 11 is 0. The van der Waals surface area contributed by atoms with Crippen molar-refractivity contribution in [1.82, 2.24) is 10.3 Å². The van der Waals surface area contributed by atoms with Gasteiger partial charge in [0.15, 0.2) is 5.78 Å². The van der Waals surface area contributed by atoms with Crippen LogP contribution >= 0.6 is 0 Å². The molecule has 0 aliphatic heterocycles. The van der Waals surface area contributed by atoms with Gasteiger partial charge in [-0.1, -0.05) is 54.6 Å². The van der Waals surface area contributed by atoms with Gasteiger partial charge >= 0.3 is 0 Å². The Morgan fingerprint density at radius 2 is 1.69 bits per heavy atom. The largest absolute Gasteiger partial charge is 0.360 e. The normalized spacial score (nSPS) is 13.3. The molecule has 0 aliphatic rings. The van der Waals surface area contributed by atoms with Crippen LogP contribution in [0.25, 0.3) is 10.9 Å². The van der Waals surface area contributed by atoms with E-state index in [1.807, 2.05) is 54.6 Å². The van der Waals surface area contributed by atoms with Crippen LogP contribution < -0.4 is 5.32 Å². The monoisotopic (exact) mass is 390 g/mol. The summed E-state index contributed by atoms with van der Waals surface area (Å²) in [5.41, 5.74) is 2.52. The molecular formula is C24H20F2N2O. The molecule has 0 saturated carbocycles. The Kier molecular flexibility index (Phi) is 5.23. The Morgan fingerprint density at radius 1 is 0.966 bits per heavy atom. The predicted molar refractivity (Wildman–Crippen MR) is 110 cm³/mol. The van der Waals surface area contributed by atoms with Crippen LogP contribution in [0.15, 0.2) is 79.0 Å². The molecule has 4 rings (SSSR count). The number of hydrogen-bond acceptors (Lipinski definition) is 2. The summed E-state index contributed by atoms with van der Waals surface area (Å²) in [5.74, 6) is -1.40. The molecule has 2 atom stereocenters. The van der Waals surface area contributed by atoms with Crippen molar-refractivity contribution in [3.05, 3.63) is 107 Å². The fourth-order valence-corrected chi connectivity index (χ4v) is 3.59. The number of ketones is 1. The highest BCUT2D eigenvalue weighted by Crippen LogP contribution is 2.28. The van der Waals surface area contributed by atoms with Crippen LogP contribution in [0.1, 0.15) is 40.5 Å². The molecule has 0 amide bonds. The van der Waals surface area contributed by atoms with Crippen molar-refractivity contribution in [2.24, 2.45) is 0 Å². The van der Waals surface area contributed by atoms with Gasteiger partial charge in [0.1, 0.15) is 11.6 Å². The second-order valence-corrected chi connectivity index (χ2v) is 7.01. The highest BCUT2D eigenvalue weighted by atomic mass is 19.1. The number of aromatic nitrogens is 1. The topological polar surface area (TPSA) is 44.9 Å². The average Bonchev–Trinajstić information content (AvgIpc) is 3.16. The summed E-state index contributed by atoms with van der Waals surface area (Å²) in [5, 5.41) is 4.07. The molecule has 2 N–H and O–H groups in total. The maximum atomic E-state index is 14.3. The molecule has 3 aromatic carbocycles. The number of para-hydroxylation sites is 1. The van der Waals surface area contributed by atoms with E-state index in [1.165, 1.54) is 12.1 Å². The van der Waals surface area contributed by atoms with Crippen molar-refractivity contribution in [2.45, 2.75) is 19.0 Å². The van der Waals surface area contributed by atoms with E-state index in [0.717, 1.165) is 22.5 Å². The minimum absolute atomic E-state index is 0.122. The summed E-state index contributed by atoms with van der Waals surface area (Å²) < 4.78 is 27.5. The summed E-state index contributed by atoms with van der Waals surface area (Å²) in [7, 11) is 0. The van der Waals surface area contributed by atoms with Crippen molar-refractivity contribution in [3.8, 4) is 0 Å². The van der Waals surface area contributed by atoms with Gasteiger partial charge in [0.2, 0.25) is 0 Å². The first-order chi connectivity index (χ1) is 14.0. The van der Waals surface area contributed by atoms with Gasteiger partial charge in [-0.25, -0.2) is 8.78 Å². The molecule has 4 aromatic rings. The zero-order chi connectivity index (χ0) is 20.4. The maximum absolute atomic E-state index is 14.3. The van der Waals surface area contributed by atoms with E-state index in [-0.39, 0.29) is 5.78 Å². The predicted octanol–water partition coefficient (Wildman–Crippen LogP) is 5.72. The number of fused-ring (bicyclic) bond motifs is 1. The SMILES string of the molecule is C[C@@H](N[C@H](C(=O)c1c[nH]c2ccccc12)c1ccccc1)c1ccc(F)cc1F. The first kappa shape index (κ1) is 19.0. The van der Waals surface area contributed by atoms with Crippen molar-refractivity contribution in [1.29, 1.82) is 0 Å². The Labute approximate surface area is 167 Å². The molecule has 29 heavy (non-hydrogen) atoms. The van der Waals surface area contributed by atoms with E-state index in [9.17, 15) is 13.6 Å². The number of Topliss-reactive ketones (excluding diaryl/α,β-unsaturated/α-hetero) is 1. The van der Waals surface area contributed by atoms with Gasteiger partial charge in [-0.2, -0.15) is 0 Å². The maximum Gasteiger partial charge on any atom is 0.186 e. The molecule has 5 heteroatoms. The van der Waals surface area contributed by atoms with Crippen LogP contribution in [0.3, 0.4) is 0 Å². The van der Waals surface area contributed by atoms with E-state index >= 15 is 0 Å². The fourth-order valence-electron chi connectivity index (χ4n) is 3.59. The van der Waals surface area contributed by atoms with Crippen LogP contribution in [0, 0.1) is 11.6 Å². The molecule has 0 saturated heterocycles. The number of halogens is 2. The third kappa shape index (κ3) is 3.82. The quantitative estimate of drug-likeness (QED) is 0.414. The molecule has 0 aliphatic carbocycles. The second kappa shape index (κ2) is 7.97. The number of aromatic amines is 1. The van der Waals surface area contributed by atoms with E-state index in [0.29, 0.717) is 11.1 Å². The zero-order valence-corrected chi connectivity index (χ0v) is 15.8. The van der Waals surface area contributed by atoms with E-state index < -0.39 is 23.7 Å². The number of carbonyl (C=O) groups excluding carboxylic acids is 1. The smallest absolute Gasteiger partial charge is 0.186 e. The van der Waals surface area contributed by atoms with Crippen LogP contribution in [0.5, 0.6) is 0 Å². The van der Waals surface area contributed by atoms with Gasteiger partial charge in [-0.05, 0) is 24.6 Å². The molecule has 1 aromatic heterocycles. The van der Waals surface area contributed by atoms with E-state index in [4.69, 9.17) is 0 Å². The lowest BCUT2D eigenvalue weighted by Gasteiger charge is -2.23. The van der Waals surface area contributed by atoms with Crippen molar-refractivity contribution in [2.75, 3.05) is 0 Å². The van der Waals surface area contributed by atoms with E-state index in [1.54, 1.807) is 13.1 Å². The third-order valence-electron chi connectivity index (χ3n) is 5.10. The van der Waals surface area contributed by atoms with Gasteiger partial charge < -0.3 is 4.98 Å². The number of H-pyrrole nitrogens is 1. The number of rotatable bonds is 6. The van der Waals surface area contributed by atoms with Crippen LogP contribution in [0.4, 0.5) is 8.78 Å². The first-order valence-corrected chi connectivity index (χ1v) is 9.41. The van der Waals surface area contributed by atoms with Gasteiger partial charge in [0.05, 0.1) is 6.04 Å². The number of hydrogen-bond donors (Lipinski definition) is 2.